The third kappa shape index (κ3) is 5.11. The van der Waals surface area contributed by atoms with E-state index in [1.54, 1.807) is 30.3 Å². The molecule has 1 amide bonds. The molecule has 1 fully saturated rings. The van der Waals surface area contributed by atoms with Crippen molar-refractivity contribution < 1.29 is 13.2 Å². The normalized spacial score (nSPS) is 22.6. The largest absolute Gasteiger partial charge is 0.380 e. The molecule has 0 spiro atoms. The zero-order valence-corrected chi connectivity index (χ0v) is 20.5. The zero-order valence-electron chi connectivity index (χ0n) is 19.6. The number of hydrogen-bond acceptors (Lipinski definition) is 4. The Balaban J connectivity index is 1.30. The minimum absolute atomic E-state index is 0.0783. The maximum atomic E-state index is 13.6. The zero-order chi connectivity index (χ0) is 24.3. The highest BCUT2D eigenvalue weighted by atomic mass is 32.2. The van der Waals surface area contributed by atoms with Crippen molar-refractivity contribution in [2.45, 2.75) is 42.7 Å². The fourth-order valence-corrected chi connectivity index (χ4v) is 6.89. The predicted octanol–water partition coefficient (Wildman–Crippen LogP) is 4.37. The van der Waals surface area contributed by atoms with Gasteiger partial charge in [0.15, 0.2) is 0 Å². The third-order valence-electron chi connectivity index (χ3n) is 7.10. The number of rotatable bonds is 6. The molecule has 0 bridgehead atoms. The first kappa shape index (κ1) is 23.6. The molecule has 3 aromatic rings. The maximum Gasteiger partial charge on any atom is 0.243 e. The number of anilines is 1. The Kier molecular flexibility index (Phi) is 6.88. The molecule has 2 heterocycles. The number of aryl methyl sites for hydroxylation is 1. The highest BCUT2D eigenvalue weighted by Gasteiger charge is 2.40. The first-order chi connectivity index (χ1) is 17.0. The number of fused-ring (bicyclic) bond motifs is 1. The predicted molar refractivity (Wildman–Crippen MR) is 137 cm³/mol. The second-order valence-corrected chi connectivity index (χ2v) is 11.3. The van der Waals surface area contributed by atoms with Crippen LogP contribution in [0, 0.1) is 5.92 Å². The van der Waals surface area contributed by atoms with E-state index in [2.05, 4.69) is 22.8 Å². The first-order valence-corrected chi connectivity index (χ1v) is 13.7. The quantitative estimate of drug-likeness (QED) is 0.539. The van der Waals surface area contributed by atoms with Gasteiger partial charge in [-0.05, 0) is 55.0 Å². The summed E-state index contributed by atoms with van der Waals surface area (Å²) in [5.41, 5.74) is 3.38. The monoisotopic (exact) mass is 489 g/mol. The van der Waals surface area contributed by atoms with Crippen molar-refractivity contribution in [3.8, 4) is 0 Å². The summed E-state index contributed by atoms with van der Waals surface area (Å²) in [6.45, 7) is 0.695. The molecule has 6 nitrogen and oxygen atoms in total. The van der Waals surface area contributed by atoms with Crippen LogP contribution in [0.3, 0.4) is 0 Å². The lowest BCUT2D eigenvalue weighted by Gasteiger charge is -2.38. The van der Waals surface area contributed by atoms with Crippen molar-refractivity contribution in [1.82, 2.24) is 9.62 Å². The molecule has 0 aliphatic carbocycles. The summed E-state index contributed by atoms with van der Waals surface area (Å²) in [6, 6.07) is 26.3. The van der Waals surface area contributed by atoms with Crippen LogP contribution >= 0.6 is 0 Å². The molecule has 5 rings (SSSR count). The molecular formula is C28H31N3O3S. The van der Waals surface area contributed by atoms with Crippen LogP contribution in [0.1, 0.15) is 36.4 Å². The highest BCUT2D eigenvalue weighted by molar-refractivity contribution is 7.89. The second-order valence-electron chi connectivity index (χ2n) is 9.37. The van der Waals surface area contributed by atoms with Crippen LogP contribution < -0.4 is 10.6 Å². The number of hydrogen-bond donors (Lipinski definition) is 2. The summed E-state index contributed by atoms with van der Waals surface area (Å²) >= 11 is 0. The summed E-state index contributed by atoms with van der Waals surface area (Å²) in [7, 11) is -3.75. The number of para-hydroxylation sites is 1. The number of sulfonamides is 1. The van der Waals surface area contributed by atoms with Crippen molar-refractivity contribution >= 4 is 21.6 Å². The van der Waals surface area contributed by atoms with Crippen molar-refractivity contribution in [3.63, 3.8) is 0 Å². The van der Waals surface area contributed by atoms with Crippen LogP contribution in [-0.4, -0.2) is 37.8 Å². The molecule has 2 aliphatic heterocycles. The number of nitrogens with zero attached hydrogens (tertiary/aromatic N) is 1. The number of carbonyl (C=O) groups excluding carboxylic acids is 1. The topological polar surface area (TPSA) is 78.5 Å². The van der Waals surface area contributed by atoms with Gasteiger partial charge in [-0.15, -0.1) is 0 Å². The van der Waals surface area contributed by atoms with Gasteiger partial charge in [-0.25, -0.2) is 8.42 Å². The maximum absolute atomic E-state index is 13.6. The van der Waals surface area contributed by atoms with E-state index in [4.69, 9.17) is 0 Å². The Labute approximate surface area is 207 Å². The lowest BCUT2D eigenvalue weighted by Crippen LogP contribution is -2.48. The third-order valence-corrected chi connectivity index (χ3v) is 8.99. The molecule has 182 valence electrons. The van der Waals surface area contributed by atoms with Crippen molar-refractivity contribution in [2.24, 2.45) is 5.92 Å². The molecule has 3 aromatic carbocycles. The Morgan fingerprint density at radius 1 is 0.886 bits per heavy atom. The van der Waals surface area contributed by atoms with Crippen molar-refractivity contribution in [3.05, 3.63) is 96.1 Å². The number of amides is 1. The first-order valence-electron chi connectivity index (χ1n) is 12.3. The fourth-order valence-electron chi connectivity index (χ4n) is 5.18. The van der Waals surface area contributed by atoms with E-state index in [0.29, 0.717) is 19.4 Å². The second kappa shape index (κ2) is 10.2. The molecule has 1 saturated heterocycles. The minimum Gasteiger partial charge on any atom is -0.380 e. The Hall–Kier alpha value is -3.16. The van der Waals surface area contributed by atoms with Crippen LogP contribution in [-0.2, 0) is 21.2 Å². The molecule has 0 aromatic heterocycles. The SMILES string of the molecule is O=C(NCC1CCc2ccccc2N1)C1CCC(c2ccccc2)N(S(=O)(=O)c2ccccc2)C1. The van der Waals surface area contributed by atoms with E-state index in [-0.39, 0.29) is 35.3 Å². The van der Waals surface area contributed by atoms with Crippen molar-refractivity contribution in [2.75, 3.05) is 18.4 Å². The average Bonchev–Trinajstić information content (AvgIpc) is 2.92. The summed E-state index contributed by atoms with van der Waals surface area (Å²) in [4.78, 5) is 13.4. The highest BCUT2D eigenvalue weighted by Crippen LogP contribution is 2.37. The van der Waals surface area contributed by atoms with Crippen LogP contribution in [0.4, 0.5) is 5.69 Å². The van der Waals surface area contributed by atoms with E-state index >= 15 is 0 Å². The fraction of sp³-hybridized carbons (Fsp3) is 0.321. The summed E-state index contributed by atoms with van der Waals surface area (Å²) in [6.07, 6.45) is 3.18. The summed E-state index contributed by atoms with van der Waals surface area (Å²) < 4.78 is 28.8. The van der Waals surface area contributed by atoms with E-state index in [1.807, 2.05) is 42.5 Å². The average molecular weight is 490 g/mol. The molecule has 3 atom stereocenters. The summed E-state index contributed by atoms with van der Waals surface area (Å²) in [5, 5.41) is 6.61. The molecule has 7 heteroatoms. The van der Waals surface area contributed by atoms with E-state index < -0.39 is 10.0 Å². The van der Waals surface area contributed by atoms with E-state index in [1.165, 1.54) is 9.87 Å². The van der Waals surface area contributed by atoms with Crippen LogP contribution in [0.2, 0.25) is 0 Å². The number of piperidine rings is 1. The van der Waals surface area contributed by atoms with Gasteiger partial charge < -0.3 is 10.6 Å². The smallest absolute Gasteiger partial charge is 0.243 e. The van der Waals surface area contributed by atoms with Crippen LogP contribution in [0.5, 0.6) is 0 Å². The molecule has 2 aliphatic rings. The molecule has 0 saturated carbocycles. The van der Waals surface area contributed by atoms with Crippen molar-refractivity contribution in [1.29, 1.82) is 0 Å². The molecule has 35 heavy (non-hydrogen) atoms. The Bertz CT molecular complexity index is 1260. The molecule has 3 unspecified atom stereocenters. The van der Waals surface area contributed by atoms with Gasteiger partial charge in [0.2, 0.25) is 15.9 Å². The standard InChI is InChI=1S/C28H31N3O3S/c32-28(29-19-24-17-15-21-9-7-8-14-26(21)30-24)23-16-18-27(22-10-3-1-4-11-22)31(20-23)35(33,34)25-12-5-2-6-13-25/h1-14,23-24,27,30H,15-20H2,(H,29,32). The minimum atomic E-state index is -3.75. The number of nitrogens with one attached hydrogen (secondary N) is 2. The van der Waals surface area contributed by atoms with Gasteiger partial charge >= 0.3 is 0 Å². The van der Waals surface area contributed by atoms with E-state index in [9.17, 15) is 13.2 Å². The molecule has 0 radical (unpaired) electrons. The van der Waals surface area contributed by atoms with Crippen LogP contribution in [0.25, 0.3) is 0 Å². The van der Waals surface area contributed by atoms with Gasteiger partial charge in [0.25, 0.3) is 0 Å². The van der Waals surface area contributed by atoms with Gasteiger partial charge in [-0.1, -0.05) is 66.7 Å². The lowest BCUT2D eigenvalue weighted by molar-refractivity contribution is -0.126. The lowest BCUT2D eigenvalue weighted by atomic mass is 9.90. The Morgan fingerprint density at radius 3 is 2.34 bits per heavy atom. The molecule has 2 N–H and O–H groups in total. The van der Waals surface area contributed by atoms with Gasteiger partial charge in [-0.2, -0.15) is 4.31 Å². The molecular weight excluding hydrogens is 458 g/mol. The van der Waals surface area contributed by atoms with Gasteiger partial charge in [-0.3, -0.25) is 4.79 Å². The van der Waals surface area contributed by atoms with Gasteiger partial charge in [0.1, 0.15) is 0 Å². The number of benzene rings is 3. The van der Waals surface area contributed by atoms with Gasteiger partial charge in [0, 0.05) is 24.8 Å². The number of carbonyl (C=O) groups is 1. The summed E-state index contributed by atoms with van der Waals surface area (Å²) in [5.74, 6) is -0.463. The van der Waals surface area contributed by atoms with Gasteiger partial charge in [0.05, 0.1) is 16.9 Å². The Morgan fingerprint density at radius 2 is 1.57 bits per heavy atom. The van der Waals surface area contributed by atoms with Crippen LogP contribution in [0.15, 0.2) is 89.8 Å². The van der Waals surface area contributed by atoms with E-state index in [0.717, 1.165) is 24.1 Å².